The van der Waals surface area contributed by atoms with Gasteiger partial charge in [-0.2, -0.15) is 0 Å². The molecule has 3 heterocycles. The second-order valence-corrected chi connectivity index (χ2v) is 5.54. The van der Waals surface area contributed by atoms with Gasteiger partial charge in [0.1, 0.15) is 0 Å². The van der Waals surface area contributed by atoms with Crippen LogP contribution in [0.1, 0.15) is 32.1 Å². The first-order chi connectivity index (χ1) is 8.36. The molecule has 0 bridgehead atoms. The Kier molecular flexibility index (Phi) is 3.66. The van der Waals surface area contributed by atoms with Crippen LogP contribution in [0, 0.1) is 0 Å². The van der Waals surface area contributed by atoms with Crippen LogP contribution in [0.3, 0.4) is 0 Å². The van der Waals surface area contributed by atoms with Gasteiger partial charge in [-0.05, 0) is 38.8 Å². The van der Waals surface area contributed by atoms with Gasteiger partial charge < -0.3 is 19.5 Å². The minimum Gasteiger partial charge on any atom is -0.376 e. The highest BCUT2D eigenvalue weighted by atomic mass is 16.6. The monoisotopic (exact) mass is 241 g/mol. The lowest BCUT2D eigenvalue weighted by Gasteiger charge is -2.32. The molecule has 3 aliphatic heterocycles. The lowest BCUT2D eigenvalue weighted by Crippen LogP contribution is -2.41. The van der Waals surface area contributed by atoms with E-state index < -0.39 is 0 Å². The van der Waals surface area contributed by atoms with Crippen molar-refractivity contribution in [3.8, 4) is 0 Å². The van der Waals surface area contributed by atoms with E-state index in [9.17, 15) is 0 Å². The smallest absolute Gasteiger partial charge is 0.0837 e. The van der Waals surface area contributed by atoms with Gasteiger partial charge in [0.15, 0.2) is 0 Å². The number of nitrogens with one attached hydrogen (secondary N) is 1. The van der Waals surface area contributed by atoms with Gasteiger partial charge >= 0.3 is 0 Å². The molecular formula is C13H23NO3. The van der Waals surface area contributed by atoms with Crippen LogP contribution in [0.5, 0.6) is 0 Å². The highest BCUT2D eigenvalue weighted by Crippen LogP contribution is 2.35. The SMILES string of the molecule is C1COC(COC2COC3(CCNCC3)C2)C1. The molecule has 3 saturated heterocycles. The molecule has 17 heavy (non-hydrogen) atoms. The van der Waals surface area contributed by atoms with Gasteiger partial charge in [-0.3, -0.25) is 0 Å². The van der Waals surface area contributed by atoms with Gasteiger partial charge in [0.25, 0.3) is 0 Å². The summed E-state index contributed by atoms with van der Waals surface area (Å²) in [6, 6.07) is 0. The van der Waals surface area contributed by atoms with E-state index in [1.807, 2.05) is 0 Å². The molecule has 1 N–H and O–H groups in total. The maximum absolute atomic E-state index is 6.00. The molecule has 1 spiro atoms. The molecule has 0 aromatic heterocycles. The van der Waals surface area contributed by atoms with Crippen molar-refractivity contribution in [2.24, 2.45) is 0 Å². The molecule has 0 radical (unpaired) electrons. The summed E-state index contributed by atoms with van der Waals surface area (Å²) in [6.45, 7) is 4.59. The average Bonchev–Trinajstić information content (AvgIpc) is 2.98. The summed E-state index contributed by atoms with van der Waals surface area (Å²) in [6.07, 6.45) is 6.30. The molecule has 3 rings (SSSR count). The van der Waals surface area contributed by atoms with E-state index in [1.54, 1.807) is 0 Å². The van der Waals surface area contributed by atoms with Crippen molar-refractivity contribution in [1.29, 1.82) is 0 Å². The van der Waals surface area contributed by atoms with Gasteiger partial charge in [0.05, 0.1) is 31.0 Å². The fourth-order valence-electron chi connectivity index (χ4n) is 3.16. The number of piperidine rings is 1. The van der Waals surface area contributed by atoms with Crippen molar-refractivity contribution in [1.82, 2.24) is 5.32 Å². The van der Waals surface area contributed by atoms with Gasteiger partial charge in [-0.15, -0.1) is 0 Å². The number of hydrogen-bond acceptors (Lipinski definition) is 4. The summed E-state index contributed by atoms with van der Waals surface area (Å²) in [5.41, 5.74) is 0.118. The Morgan fingerprint density at radius 1 is 1.29 bits per heavy atom. The summed E-state index contributed by atoms with van der Waals surface area (Å²) in [5.74, 6) is 0. The van der Waals surface area contributed by atoms with Crippen molar-refractivity contribution in [3.63, 3.8) is 0 Å². The first kappa shape index (κ1) is 11.9. The summed E-state index contributed by atoms with van der Waals surface area (Å²) in [7, 11) is 0. The molecular weight excluding hydrogens is 218 g/mol. The Hall–Kier alpha value is -0.160. The van der Waals surface area contributed by atoms with Crippen molar-refractivity contribution < 1.29 is 14.2 Å². The van der Waals surface area contributed by atoms with Gasteiger partial charge in [0.2, 0.25) is 0 Å². The molecule has 2 atom stereocenters. The maximum atomic E-state index is 6.00. The highest BCUT2D eigenvalue weighted by molar-refractivity contribution is 4.93. The van der Waals surface area contributed by atoms with Gasteiger partial charge in [-0.1, -0.05) is 0 Å². The molecule has 0 aliphatic carbocycles. The summed E-state index contributed by atoms with van der Waals surface area (Å²) in [4.78, 5) is 0. The number of hydrogen-bond donors (Lipinski definition) is 1. The lowest BCUT2D eigenvalue weighted by atomic mass is 9.89. The predicted molar refractivity (Wildman–Crippen MR) is 64.1 cm³/mol. The van der Waals surface area contributed by atoms with E-state index in [4.69, 9.17) is 14.2 Å². The standard InChI is InChI=1S/C13H23NO3/c1-2-11(15-7-1)9-16-12-8-13(17-10-12)3-5-14-6-4-13/h11-12,14H,1-10H2. The Morgan fingerprint density at radius 2 is 2.18 bits per heavy atom. The van der Waals surface area contributed by atoms with Gasteiger partial charge in [0, 0.05) is 13.0 Å². The summed E-state index contributed by atoms with van der Waals surface area (Å²) < 4.78 is 17.5. The summed E-state index contributed by atoms with van der Waals surface area (Å²) in [5, 5.41) is 3.39. The van der Waals surface area contributed by atoms with Crippen molar-refractivity contribution in [2.45, 2.75) is 49.9 Å². The average molecular weight is 241 g/mol. The normalized spacial score (nSPS) is 36.7. The van der Waals surface area contributed by atoms with Crippen molar-refractivity contribution in [3.05, 3.63) is 0 Å². The Balaban J connectivity index is 1.43. The van der Waals surface area contributed by atoms with Crippen LogP contribution in [0.4, 0.5) is 0 Å². The van der Waals surface area contributed by atoms with Crippen LogP contribution >= 0.6 is 0 Å². The number of rotatable bonds is 3. The van der Waals surface area contributed by atoms with Crippen LogP contribution < -0.4 is 5.32 Å². The fraction of sp³-hybridized carbons (Fsp3) is 1.00. The van der Waals surface area contributed by atoms with Crippen LogP contribution in [0.15, 0.2) is 0 Å². The topological polar surface area (TPSA) is 39.7 Å². The minimum absolute atomic E-state index is 0.118. The van der Waals surface area contributed by atoms with E-state index in [0.29, 0.717) is 6.10 Å². The molecule has 2 unspecified atom stereocenters. The molecule has 4 nitrogen and oxygen atoms in total. The zero-order chi connectivity index (χ0) is 11.6. The van der Waals surface area contributed by atoms with Crippen molar-refractivity contribution in [2.75, 3.05) is 32.9 Å². The fourth-order valence-corrected chi connectivity index (χ4v) is 3.16. The number of ether oxygens (including phenoxy) is 3. The zero-order valence-electron chi connectivity index (χ0n) is 10.5. The molecule has 3 aliphatic rings. The third-order valence-electron chi connectivity index (χ3n) is 4.23. The highest BCUT2D eigenvalue weighted by Gasteiger charge is 2.41. The Labute approximate surface area is 103 Å². The Morgan fingerprint density at radius 3 is 2.94 bits per heavy atom. The molecule has 0 aromatic rings. The first-order valence-electron chi connectivity index (χ1n) is 6.94. The molecule has 0 aromatic carbocycles. The third-order valence-corrected chi connectivity index (χ3v) is 4.23. The van der Waals surface area contributed by atoms with Crippen LogP contribution in [0.25, 0.3) is 0 Å². The second-order valence-electron chi connectivity index (χ2n) is 5.54. The zero-order valence-corrected chi connectivity index (χ0v) is 10.5. The Bertz CT molecular complexity index is 247. The second kappa shape index (κ2) is 5.22. The van der Waals surface area contributed by atoms with Crippen LogP contribution in [-0.2, 0) is 14.2 Å². The molecule has 0 saturated carbocycles. The first-order valence-corrected chi connectivity index (χ1v) is 6.94. The van der Waals surface area contributed by atoms with Crippen LogP contribution in [-0.4, -0.2) is 50.7 Å². The lowest BCUT2D eigenvalue weighted by molar-refractivity contribution is -0.0332. The largest absolute Gasteiger partial charge is 0.376 e. The molecule has 4 heteroatoms. The van der Waals surface area contributed by atoms with Gasteiger partial charge in [-0.25, -0.2) is 0 Å². The quantitative estimate of drug-likeness (QED) is 0.803. The molecule has 3 fully saturated rings. The van der Waals surface area contributed by atoms with Crippen molar-refractivity contribution >= 4 is 0 Å². The van der Waals surface area contributed by atoms with E-state index in [2.05, 4.69) is 5.32 Å². The predicted octanol–water partition coefficient (Wildman–Crippen LogP) is 1.09. The summed E-state index contributed by atoms with van der Waals surface area (Å²) >= 11 is 0. The van der Waals surface area contributed by atoms with E-state index in [-0.39, 0.29) is 11.7 Å². The van der Waals surface area contributed by atoms with Crippen LogP contribution in [0.2, 0.25) is 0 Å². The van der Waals surface area contributed by atoms with E-state index >= 15 is 0 Å². The molecule has 98 valence electrons. The third kappa shape index (κ3) is 2.81. The van der Waals surface area contributed by atoms with E-state index in [1.165, 1.54) is 6.42 Å². The minimum atomic E-state index is 0.118. The molecule has 0 amide bonds. The van der Waals surface area contributed by atoms with E-state index in [0.717, 1.165) is 58.6 Å². The maximum Gasteiger partial charge on any atom is 0.0837 e.